The molecule has 1 aliphatic rings. The third-order valence-corrected chi connectivity index (χ3v) is 14.9. The Balaban J connectivity index is 2.29. The second-order valence-corrected chi connectivity index (χ2v) is 17.3. The first kappa shape index (κ1) is 30.7. The standard InChI is InChI=1S/C28H47IO5Si/c1-19(2)35(20(3)4,21(5)6)34-27(22(7)16-30)14-28(24-13-26(15-29)32-18-24)33-17-23-9-11-25(31-8)12-10-23/h9-12,16,19-22,24,26-28H,13-15,17-18H2,1-8H3/t22-,24+,26?,27-,28-/m0/s1. The summed E-state index contributed by atoms with van der Waals surface area (Å²) < 4.78 is 26.1. The van der Waals surface area contributed by atoms with Gasteiger partial charge in [-0.25, -0.2) is 0 Å². The molecule has 5 atom stereocenters. The van der Waals surface area contributed by atoms with Crippen molar-refractivity contribution in [3.63, 3.8) is 0 Å². The van der Waals surface area contributed by atoms with Crippen molar-refractivity contribution >= 4 is 37.2 Å². The number of benzene rings is 1. The lowest BCUT2D eigenvalue weighted by Gasteiger charge is -2.46. The van der Waals surface area contributed by atoms with Gasteiger partial charge in [0.2, 0.25) is 8.32 Å². The first-order valence-corrected chi connectivity index (χ1v) is 16.8. The van der Waals surface area contributed by atoms with Crippen LogP contribution >= 0.6 is 22.6 Å². The smallest absolute Gasteiger partial charge is 0.200 e. The van der Waals surface area contributed by atoms with Crippen LogP contribution in [0.4, 0.5) is 0 Å². The summed E-state index contributed by atoms with van der Waals surface area (Å²) in [5.41, 5.74) is 2.48. The Morgan fingerprint density at radius 3 is 2.11 bits per heavy atom. The van der Waals surface area contributed by atoms with Crippen molar-refractivity contribution in [2.75, 3.05) is 18.1 Å². The molecule has 0 bridgehead atoms. The topological polar surface area (TPSA) is 54.0 Å². The van der Waals surface area contributed by atoms with Gasteiger partial charge in [-0.2, -0.15) is 0 Å². The zero-order chi connectivity index (χ0) is 26.2. The number of hydrogen-bond acceptors (Lipinski definition) is 5. The van der Waals surface area contributed by atoms with Crippen LogP contribution in [0.2, 0.25) is 16.6 Å². The lowest BCUT2D eigenvalue weighted by Crippen LogP contribution is -2.52. The zero-order valence-electron chi connectivity index (χ0n) is 23.0. The van der Waals surface area contributed by atoms with E-state index >= 15 is 0 Å². The Bertz CT molecular complexity index is 732. The van der Waals surface area contributed by atoms with Crippen molar-refractivity contribution < 1.29 is 23.4 Å². The molecule has 1 aromatic carbocycles. The van der Waals surface area contributed by atoms with Gasteiger partial charge in [0.1, 0.15) is 12.0 Å². The van der Waals surface area contributed by atoms with E-state index in [2.05, 4.69) is 64.1 Å². The van der Waals surface area contributed by atoms with Crippen molar-refractivity contribution in [3.05, 3.63) is 29.8 Å². The predicted octanol–water partition coefficient (Wildman–Crippen LogP) is 7.21. The summed E-state index contributed by atoms with van der Waals surface area (Å²) in [4.78, 5) is 12.0. The molecule has 1 aromatic rings. The number of carbonyl (C=O) groups excluding carboxylic acids is 1. The summed E-state index contributed by atoms with van der Waals surface area (Å²) in [7, 11) is -0.480. The van der Waals surface area contributed by atoms with Gasteiger partial charge in [-0.05, 0) is 47.2 Å². The fourth-order valence-corrected chi connectivity index (χ4v) is 12.0. The lowest BCUT2D eigenvalue weighted by molar-refractivity contribution is -0.114. The molecular formula is C28H47IO5Si. The number of rotatable bonds is 15. The minimum atomic E-state index is -2.15. The molecule has 7 heteroatoms. The van der Waals surface area contributed by atoms with E-state index in [9.17, 15) is 4.79 Å². The van der Waals surface area contributed by atoms with E-state index in [0.717, 1.165) is 28.4 Å². The molecule has 1 heterocycles. The fourth-order valence-electron chi connectivity index (χ4n) is 5.78. The van der Waals surface area contributed by atoms with Gasteiger partial charge in [0.25, 0.3) is 0 Å². The van der Waals surface area contributed by atoms with Gasteiger partial charge in [-0.15, -0.1) is 0 Å². The Hall–Kier alpha value is -0.483. The minimum Gasteiger partial charge on any atom is -0.497 e. The first-order valence-electron chi connectivity index (χ1n) is 13.1. The first-order chi connectivity index (χ1) is 16.6. The molecule has 0 N–H and O–H groups in total. The summed E-state index contributed by atoms with van der Waals surface area (Å²) in [6.45, 7) is 17.0. The van der Waals surface area contributed by atoms with E-state index in [1.165, 1.54) is 0 Å². The van der Waals surface area contributed by atoms with Gasteiger partial charge in [-0.3, -0.25) is 0 Å². The molecule has 0 aromatic heterocycles. The van der Waals surface area contributed by atoms with Gasteiger partial charge in [0, 0.05) is 16.3 Å². The monoisotopic (exact) mass is 618 g/mol. The van der Waals surface area contributed by atoms with Crippen molar-refractivity contribution in [1.29, 1.82) is 0 Å². The van der Waals surface area contributed by atoms with Gasteiger partial charge in [0.15, 0.2) is 0 Å². The lowest BCUT2D eigenvalue weighted by atomic mass is 9.91. The number of carbonyl (C=O) groups is 1. The zero-order valence-corrected chi connectivity index (χ0v) is 26.1. The molecule has 5 nitrogen and oxygen atoms in total. The Morgan fingerprint density at radius 2 is 1.66 bits per heavy atom. The molecule has 0 radical (unpaired) electrons. The highest BCUT2D eigenvalue weighted by Crippen LogP contribution is 2.44. The maximum atomic E-state index is 12.0. The molecule has 1 fully saturated rings. The highest BCUT2D eigenvalue weighted by atomic mass is 127. The molecule has 1 aliphatic heterocycles. The average molecular weight is 619 g/mol. The Morgan fingerprint density at radius 1 is 1.06 bits per heavy atom. The molecular weight excluding hydrogens is 571 g/mol. The molecule has 1 saturated heterocycles. The van der Waals surface area contributed by atoms with E-state index in [0.29, 0.717) is 42.2 Å². The van der Waals surface area contributed by atoms with Crippen molar-refractivity contribution in [1.82, 2.24) is 0 Å². The van der Waals surface area contributed by atoms with Crippen LogP contribution < -0.4 is 4.74 Å². The van der Waals surface area contributed by atoms with Crippen LogP contribution in [0.5, 0.6) is 5.75 Å². The third-order valence-electron chi connectivity index (χ3n) is 7.76. The number of hydrogen-bond donors (Lipinski definition) is 0. The normalized spacial score (nSPS) is 21.5. The van der Waals surface area contributed by atoms with Gasteiger partial charge in [0.05, 0.1) is 38.6 Å². The molecule has 0 spiro atoms. The summed E-state index contributed by atoms with van der Waals surface area (Å²) in [5.74, 6) is 0.948. The van der Waals surface area contributed by atoms with Gasteiger partial charge < -0.3 is 23.4 Å². The van der Waals surface area contributed by atoms with Crippen LogP contribution in [0, 0.1) is 11.8 Å². The van der Waals surface area contributed by atoms with Crippen LogP contribution in [0.3, 0.4) is 0 Å². The number of methoxy groups -OCH3 is 1. The number of halogens is 1. The highest BCUT2D eigenvalue weighted by molar-refractivity contribution is 14.1. The van der Waals surface area contributed by atoms with Crippen molar-refractivity contribution in [3.8, 4) is 5.75 Å². The average Bonchev–Trinajstić information content (AvgIpc) is 3.32. The van der Waals surface area contributed by atoms with E-state index < -0.39 is 8.32 Å². The molecule has 0 aliphatic carbocycles. The molecule has 35 heavy (non-hydrogen) atoms. The number of aldehydes is 1. The van der Waals surface area contributed by atoms with Crippen LogP contribution in [0.15, 0.2) is 24.3 Å². The molecule has 0 amide bonds. The van der Waals surface area contributed by atoms with E-state index in [1.807, 2.05) is 31.2 Å². The predicted molar refractivity (Wildman–Crippen MR) is 154 cm³/mol. The molecule has 1 unspecified atom stereocenters. The van der Waals surface area contributed by atoms with Crippen LogP contribution in [-0.4, -0.2) is 51.1 Å². The van der Waals surface area contributed by atoms with Crippen LogP contribution in [0.25, 0.3) is 0 Å². The second-order valence-electron chi connectivity index (χ2n) is 11.0. The molecule has 200 valence electrons. The van der Waals surface area contributed by atoms with Gasteiger partial charge in [-0.1, -0.05) is 83.2 Å². The highest BCUT2D eigenvalue weighted by Gasteiger charge is 2.48. The molecule has 0 saturated carbocycles. The Kier molecular flexibility index (Phi) is 12.7. The largest absolute Gasteiger partial charge is 0.497 e. The van der Waals surface area contributed by atoms with Crippen LogP contribution in [0.1, 0.15) is 66.9 Å². The number of ether oxygens (including phenoxy) is 3. The van der Waals surface area contributed by atoms with E-state index in [4.69, 9.17) is 18.6 Å². The molecule has 2 rings (SSSR count). The Labute approximate surface area is 228 Å². The maximum Gasteiger partial charge on any atom is 0.200 e. The summed E-state index contributed by atoms with van der Waals surface area (Å²) in [6, 6.07) is 8.02. The van der Waals surface area contributed by atoms with Crippen molar-refractivity contribution in [2.24, 2.45) is 11.8 Å². The SMILES string of the molecule is COc1ccc(CO[C@@H](C[C@H](O[Si](C(C)C)(C(C)C)C(C)C)[C@@H](C)C=O)[C@H]2COC(CI)C2)cc1. The third kappa shape index (κ3) is 8.00. The fraction of sp³-hybridized carbons (Fsp3) is 0.750. The van der Waals surface area contributed by atoms with Crippen molar-refractivity contribution in [2.45, 2.75) is 103 Å². The maximum absolute atomic E-state index is 12.0. The summed E-state index contributed by atoms with van der Waals surface area (Å²) >= 11 is 2.40. The second kappa shape index (κ2) is 14.5. The van der Waals surface area contributed by atoms with Gasteiger partial charge >= 0.3 is 0 Å². The van der Waals surface area contributed by atoms with E-state index in [1.54, 1.807) is 7.11 Å². The van der Waals surface area contributed by atoms with E-state index in [-0.39, 0.29) is 24.2 Å². The number of alkyl halides is 1. The van der Waals surface area contributed by atoms with Crippen LogP contribution in [-0.2, 0) is 25.3 Å². The minimum absolute atomic E-state index is 0.0318. The quantitative estimate of drug-likeness (QED) is 0.0901. The summed E-state index contributed by atoms with van der Waals surface area (Å²) in [6.07, 6.45) is 2.83. The summed E-state index contributed by atoms with van der Waals surface area (Å²) in [5, 5.41) is 0.